The Labute approximate surface area is 165 Å². The number of urea groups is 1. The zero-order chi connectivity index (χ0) is 19.8. The standard InChI is InChI=1S/C18H21N3O4S2/c1-4-19-18(24)21-16(22)11(2)25-17(23)13-5-7-15(8-6-13)27-10-14-9-26-12(3)20-14/h5-9,11H,4,10H2,1-3H3,(H2,19,21,22,24). The van der Waals surface area contributed by atoms with E-state index in [1.54, 1.807) is 42.2 Å². The average Bonchev–Trinajstić information content (AvgIpc) is 3.05. The molecule has 1 aromatic heterocycles. The van der Waals surface area contributed by atoms with Crippen molar-refractivity contribution in [3.63, 3.8) is 0 Å². The van der Waals surface area contributed by atoms with Gasteiger partial charge in [0.15, 0.2) is 6.10 Å². The molecule has 0 saturated heterocycles. The largest absolute Gasteiger partial charge is 0.449 e. The first-order chi connectivity index (χ1) is 12.9. The monoisotopic (exact) mass is 407 g/mol. The molecular formula is C18H21N3O4S2. The second-order valence-electron chi connectivity index (χ2n) is 5.57. The van der Waals surface area contributed by atoms with Crippen LogP contribution in [0.2, 0.25) is 0 Å². The summed E-state index contributed by atoms with van der Waals surface area (Å²) in [7, 11) is 0. The third-order valence-electron chi connectivity index (χ3n) is 3.37. The molecule has 27 heavy (non-hydrogen) atoms. The molecule has 7 nitrogen and oxygen atoms in total. The number of imide groups is 1. The van der Waals surface area contributed by atoms with E-state index in [0.717, 1.165) is 21.3 Å². The van der Waals surface area contributed by atoms with E-state index in [1.165, 1.54) is 6.92 Å². The van der Waals surface area contributed by atoms with Gasteiger partial charge in [0.25, 0.3) is 5.91 Å². The molecule has 0 spiro atoms. The molecule has 0 radical (unpaired) electrons. The van der Waals surface area contributed by atoms with Crippen molar-refractivity contribution in [2.75, 3.05) is 6.54 Å². The number of aromatic nitrogens is 1. The molecule has 1 aromatic carbocycles. The number of aryl methyl sites for hydroxylation is 1. The minimum absolute atomic E-state index is 0.335. The van der Waals surface area contributed by atoms with E-state index >= 15 is 0 Å². The van der Waals surface area contributed by atoms with Crippen LogP contribution in [-0.2, 0) is 15.3 Å². The Balaban J connectivity index is 1.85. The molecule has 1 heterocycles. The second kappa shape index (κ2) is 10.1. The Kier molecular flexibility index (Phi) is 7.81. The number of benzene rings is 1. The van der Waals surface area contributed by atoms with Gasteiger partial charge < -0.3 is 10.1 Å². The first-order valence-corrected chi connectivity index (χ1v) is 10.2. The smallest absolute Gasteiger partial charge is 0.338 e. The van der Waals surface area contributed by atoms with Gasteiger partial charge in [0.2, 0.25) is 0 Å². The second-order valence-corrected chi connectivity index (χ2v) is 7.68. The van der Waals surface area contributed by atoms with Crippen LogP contribution >= 0.6 is 23.1 Å². The van der Waals surface area contributed by atoms with Gasteiger partial charge in [0.05, 0.1) is 16.3 Å². The van der Waals surface area contributed by atoms with Gasteiger partial charge in [-0.2, -0.15) is 0 Å². The summed E-state index contributed by atoms with van der Waals surface area (Å²) in [6.45, 7) is 5.50. The number of thiazole rings is 1. The highest BCUT2D eigenvalue weighted by Crippen LogP contribution is 2.24. The van der Waals surface area contributed by atoms with Crippen LogP contribution in [0.15, 0.2) is 34.5 Å². The first kappa shape index (κ1) is 20.9. The van der Waals surface area contributed by atoms with Gasteiger partial charge in [0.1, 0.15) is 0 Å². The molecule has 9 heteroatoms. The quantitative estimate of drug-likeness (QED) is 0.541. The number of esters is 1. The highest BCUT2D eigenvalue weighted by Gasteiger charge is 2.20. The van der Waals surface area contributed by atoms with Crippen molar-refractivity contribution in [2.45, 2.75) is 37.5 Å². The molecule has 2 rings (SSSR count). The fourth-order valence-corrected chi connectivity index (χ4v) is 3.53. The van der Waals surface area contributed by atoms with Gasteiger partial charge in [-0.05, 0) is 45.0 Å². The fraction of sp³-hybridized carbons (Fsp3) is 0.333. The number of carbonyl (C=O) groups excluding carboxylic acids is 3. The number of nitrogens with zero attached hydrogens (tertiary/aromatic N) is 1. The first-order valence-electron chi connectivity index (χ1n) is 8.32. The van der Waals surface area contributed by atoms with E-state index in [-0.39, 0.29) is 0 Å². The summed E-state index contributed by atoms with van der Waals surface area (Å²) < 4.78 is 5.10. The van der Waals surface area contributed by atoms with Gasteiger partial charge in [-0.15, -0.1) is 23.1 Å². The summed E-state index contributed by atoms with van der Waals surface area (Å²) >= 11 is 3.24. The van der Waals surface area contributed by atoms with Crippen molar-refractivity contribution < 1.29 is 19.1 Å². The maximum Gasteiger partial charge on any atom is 0.338 e. The van der Waals surface area contributed by atoms with Crippen LogP contribution in [0.25, 0.3) is 0 Å². The Bertz CT molecular complexity index is 805. The maximum atomic E-state index is 12.1. The third kappa shape index (κ3) is 6.69. The fourth-order valence-electron chi connectivity index (χ4n) is 2.02. The highest BCUT2D eigenvalue weighted by molar-refractivity contribution is 7.98. The predicted molar refractivity (Wildman–Crippen MR) is 105 cm³/mol. The van der Waals surface area contributed by atoms with E-state index in [2.05, 4.69) is 15.6 Å². The summed E-state index contributed by atoms with van der Waals surface area (Å²) in [5, 5.41) is 7.60. The molecule has 3 amide bonds. The lowest BCUT2D eigenvalue weighted by atomic mass is 10.2. The number of hydrogen-bond acceptors (Lipinski definition) is 7. The van der Waals surface area contributed by atoms with E-state index < -0.39 is 24.0 Å². The van der Waals surface area contributed by atoms with Gasteiger partial charge in [0, 0.05) is 22.6 Å². The normalized spacial score (nSPS) is 11.5. The molecule has 1 unspecified atom stereocenters. The minimum Gasteiger partial charge on any atom is -0.449 e. The number of carbonyl (C=O) groups is 3. The van der Waals surface area contributed by atoms with E-state index in [9.17, 15) is 14.4 Å². The van der Waals surface area contributed by atoms with Crippen molar-refractivity contribution in [1.29, 1.82) is 0 Å². The Morgan fingerprint density at radius 3 is 2.56 bits per heavy atom. The SMILES string of the molecule is CCNC(=O)NC(=O)C(C)OC(=O)c1ccc(SCc2csc(C)n2)cc1. The lowest BCUT2D eigenvalue weighted by Crippen LogP contribution is -2.44. The van der Waals surface area contributed by atoms with Crippen LogP contribution in [0, 0.1) is 6.92 Å². The molecule has 144 valence electrons. The van der Waals surface area contributed by atoms with Crippen LogP contribution in [0.5, 0.6) is 0 Å². The van der Waals surface area contributed by atoms with Crippen LogP contribution in [0.1, 0.15) is 34.9 Å². The summed E-state index contributed by atoms with van der Waals surface area (Å²) in [6.07, 6.45) is -1.08. The molecule has 1 atom stereocenters. The van der Waals surface area contributed by atoms with E-state index in [1.807, 2.05) is 24.4 Å². The van der Waals surface area contributed by atoms with Crippen LogP contribution < -0.4 is 10.6 Å². The lowest BCUT2D eigenvalue weighted by Gasteiger charge is -2.13. The summed E-state index contributed by atoms with van der Waals surface area (Å²) in [4.78, 5) is 40.7. The number of amides is 3. The molecule has 0 aliphatic heterocycles. The van der Waals surface area contributed by atoms with Gasteiger partial charge >= 0.3 is 12.0 Å². The third-order valence-corrected chi connectivity index (χ3v) is 5.24. The zero-order valence-electron chi connectivity index (χ0n) is 15.3. The van der Waals surface area contributed by atoms with Crippen molar-refractivity contribution in [2.24, 2.45) is 0 Å². The molecule has 0 fully saturated rings. The van der Waals surface area contributed by atoms with Gasteiger partial charge in [-0.1, -0.05) is 0 Å². The molecular weight excluding hydrogens is 386 g/mol. The predicted octanol–water partition coefficient (Wildman–Crippen LogP) is 3.13. The molecule has 0 saturated carbocycles. The van der Waals surface area contributed by atoms with E-state index in [0.29, 0.717) is 12.1 Å². The van der Waals surface area contributed by atoms with Crippen molar-refractivity contribution in [1.82, 2.24) is 15.6 Å². The Morgan fingerprint density at radius 1 is 1.26 bits per heavy atom. The zero-order valence-corrected chi connectivity index (χ0v) is 16.9. The van der Waals surface area contributed by atoms with Crippen molar-refractivity contribution in [3.8, 4) is 0 Å². The highest BCUT2D eigenvalue weighted by atomic mass is 32.2. The van der Waals surface area contributed by atoms with Crippen LogP contribution in [0.3, 0.4) is 0 Å². The minimum atomic E-state index is -1.08. The molecule has 2 aromatic rings. The number of thioether (sulfide) groups is 1. The van der Waals surface area contributed by atoms with Crippen LogP contribution in [-0.4, -0.2) is 35.5 Å². The van der Waals surface area contributed by atoms with Crippen molar-refractivity contribution in [3.05, 3.63) is 45.9 Å². The topological polar surface area (TPSA) is 97.4 Å². The number of nitrogens with one attached hydrogen (secondary N) is 2. The number of ether oxygens (including phenoxy) is 1. The molecule has 0 aliphatic rings. The Hall–Kier alpha value is -2.39. The summed E-state index contributed by atoms with van der Waals surface area (Å²) in [6, 6.07) is 6.30. The Morgan fingerprint density at radius 2 is 1.96 bits per heavy atom. The van der Waals surface area contributed by atoms with Crippen molar-refractivity contribution >= 4 is 41.0 Å². The number of hydrogen-bond donors (Lipinski definition) is 2. The van der Waals surface area contributed by atoms with Gasteiger partial charge in [-0.25, -0.2) is 14.6 Å². The molecule has 2 N–H and O–H groups in total. The average molecular weight is 408 g/mol. The molecule has 0 aliphatic carbocycles. The van der Waals surface area contributed by atoms with E-state index in [4.69, 9.17) is 4.74 Å². The summed E-state index contributed by atoms with van der Waals surface area (Å²) in [5.74, 6) is -0.550. The lowest BCUT2D eigenvalue weighted by molar-refractivity contribution is -0.127. The van der Waals surface area contributed by atoms with Gasteiger partial charge in [-0.3, -0.25) is 10.1 Å². The maximum absolute atomic E-state index is 12.1. The molecule has 0 bridgehead atoms. The number of rotatable bonds is 7. The van der Waals surface area contributed by atoms with Crippen LogP contribution in [0.4, 0.5) is 4.79 Å². The summed E-state index contributed by atoms with van der Waals surface area (Å²) in [5.41, 5.74) is 1.36.